The summed E-state index contributed by atoms with van der Waals surface area (Å²) >= 11 is 0. The molecule has 0 radical (unpaired) electrons. The number of nitrogens with one attached hydrogen (secondary N) is 1. The van der Waals surface area contributed by atoms with Crippen molar-refractivity contribution in [3.05, 3.63) is 24.4 Å². The van der Waals surface area contributed by atoms with Crippen molar-refractivity contribution >= 4 is 11.6 Å². The molecule has 2 aromatic heterocycles. The quantitative estimate of drug-likeness (QED) is 0.826. The average Bonchev–Trinajstić information content (AvgIpc) is 2.84. The minimum absolute atomic E-state index is 0.0368. The molecule has 16 heavy (non-hydrogen) atoms. The maximum atomic E-state index is 5.38. The topological polar surface area (TPSA) is 51.5 Å². The molecule has 0 aromatic carbocycles. The second-order valence-corrected chi connectivity index (χ2v) is 4.43. The molecule has 1 saturated heterocycles. The highest BCUT2D eigenvalue weighted by molar-refractivity contribution is 5.44. The van der Waals surface area contributed by atoms with Crippen LogP contribution < -0.4 is 5.32 Å². The number of hydrogen-bond acceptors (Lipinski definition) is 4. The Morgan fingerprint density at radius 1 is 1.50 bits per heavy atom. The lowest BCUT2D eigenvalue weighted by Crippen LogP contribution is -2.35. The smallest absolute Gasteiger partial charge is 0.243 e. The Morgan fingerprint density at radius 3 is 3.19 bits per heavy atom. The Bertz CT molecular complexity index is 468. The van der Waals surface area contributed by atoms with Crippen molar-refractivity contribution in [3.8, 4) is 0 Å². The van der Waals surface area contributed by atoms with Crippen LogP contribution in [0.3, 0.4) is 0 Å². The Labute approximate surface area is 93.4 Å². The third-order valence-electron chi connectivity index (χ3n) is 2.87. The third-order valence-corrected chi connectivity index (χ3v) is 2.87. The number of nitrogens with zero attached hydrogens (tertiary/aromatic N) is 3. The highest BCUT2D eigenvalue weighted by Gasteiger charge is 2.30. The Kier molecular flexibility index (Phi) is 2.07. The molecule has 5 nitrogen and oxygen atoms in total. The molecular weight excluding hydrogens is 204 g/mol. The number of pyridine rings is 1. The molecule has 1 N–H and O–H groups in total. The molecular formula is C11H14N4O. The number of rotatable bonds is 2. The molecule has 5 heteroatoms. The molecule has 0 bridgehead atoms. The van der Waals surface area contributed by atoms with Gasteiger partial charge in [-0.2, -0.15) is 4.98 Å². The van der Waals surface area contributed by atoms with Crippen LogP contribution in [0.4, 0.5) is 5.95 Å². The van der Waals surface area contributed by atoms with Crippen LogP contribution in [0.1, 0.15) is 13.3 Å². The van der Waals surface area contributed by atoms with E-state index in [4.69, 9.17) is 4.74 Å². The number of anilines is 1. The number of ether oxygens (including phenoxy) is 1. The van der Waals surface area contributed by atoms with Crippen LogP contribution in [0.5, 0.6) is 0 Å². The summed E-state index contributed by atoms with van der Waals surface area (Å²) in [6.45, 7) is 3.64. The van der Waals surface area contributed by atoms with Gasteiger partial charge in [-0.05, 0) is 25.5 Å². The molecule has 0 amide bonds. The predicted molar refractivity (Wildman–Crippen MR) is 60.5 cm³/mol. The van der Waals surface area contributed by atoms with Crippen molar-refractivity contribution in [1.82, 2.24) is 14.6 Å². The van der Waals surface area contributed by atoms with Gasteiger partial charge in [0, 0.05) is 12.8 Å². The van der Waals surface area contributed by atoms with Crippen LogP contribution in [-0.4, -0.2) is 33.4 Å². The number of hydrogen-bond donors (Lipinski definition) is 1. The van der Waals surface area contributed by atoms with Gasteiger partial charge in [-0.15, -0.1) is 5.10 Å². The van der Waals surface area contributed by atoms with Crippen molar-refractivity contribution in [1.29, 1.82) is 0 Å². The summed E-state index contributed by atoms with van der Waals surface area (Å²) in [5.74, 6) is 0.666. The first kappa shape index (κ1) is 9.59. The molecule has 3 heterocycles. The zero-order valence-corrected chi connectivity index (χ0v) is 9.18. The van der Waals surface area contributed by atoms with Gasteiger partial charge in [0.05, 0.1) is 12.1 Å². The van der Waals surface area contributed by atoms with Crippen LogP contribution in [0.2, 0.25) is 0 Å². The van der Waals surface area contributed by atoms with Crippen LogP contribution in [0, 0.1) is 0 Å². The van der Waals surface area contributed by atoms with Gasteiger partial charge in [0.25, 0.3) is 0 Å². The first-order valence-electron chi connectivity index (χ1n) is 5.43. The van der Waals surface area contributed by atoms with Crippen LogP contribution in [-0.2, 0) is 4.74 Å². The lowest BCUT2D eigenvalue weighted by atomic mass is 10.0. The third kappa shape index (κ3) is 1.63. The molecule has 3 rings (SSSR count). The molecule has 1 aliphatic heterocycles. The van der Waals surface area contributed by atoms with Crippen LogP contribution >= 0.6 is 0 Å². The van der Waals surface area contributed by atoms with E-state index in [1.54, 1.807) is 4.52 Å². The zero-order chi connectivity index (χ0) is 11.0. The summed E-state index contributed by atoms with van der Waals surface area (Å²) < 4.78 is 7.15. The predicted octanol–water partition coefficient (Wildman–Crippen LogP) is 1.32. The second kappa shape index (κ2) is 3.45. The molecule has 1 atom stereocenters. The SMILES string of the molecule is CC1(Nc2nc3ccccn3n2)CCOC1. The summed E-state index contributed by atoms with van der Waals surface area (Å²) in [7, 11) is 0. The van der Waals surface area contributed by atoms with Gasteiger partial charge in [-0.1, -0.05) is 6.07 Å². The maximum absolute atomic E-state index is 5.38. The highest BCUT2D eigenvalue weighted by atomic mass is 16.5. The van der Waals surface area contributed by atoms with Crippen molar-refractivity contribution in [2.24, 2.45) is 0 Å². The normalized spacial score (nSPS) is 25.1. The van der Waals surface area contributed by atoms with Crippen molar-refractivity contribution < 1.29 is 4.74 Å². The summed E-state index contributed by atoms with van der Waals surface area (Å²) in [4.78, 5) is 4.41. The Morgan fingerprint density at radius 2 is 2.44 bits per heavy atom. The highest BCUT2D eigenvalue weighted by Crippen LogP contribution is 2.22. The molecule has 2 aromatic rings. The van der Waals surface area contributed by atoms with Crippen LogP contribution in [0.15, 0.2) is 24.4 Å². The van der Waals surface area contributed by atoms with E-state index in [0.29, 0.717) is 12.6 Å². The van der Waals surface area contributed by atoms with Gasteiger partial charge in [-0.3, -0.25) is 0 Å². The molecule has 0 spiro atoms. The number of fused-ring (bicyclic) bond motifs is 1. The van der Waals surface area contributed by atoms with Crippen molar-refractivity contribution in [2.45, 2.75) is 18.9 Å². The largest absolute Gasteiger partial charge is 0.379 e. The number of aromatic nitrogens is 3. The lowest BCUT2D eigenvalue weighted by molar-refractivity contribution is 0.185. The van der Waals surface area contributed by atoms with Crippen LogP contribution in [0.25, 0.3) is 5.65 Å². The van der Waals surface area contributed by atoms with E-state index in [1.807, 2.05) is 24.4 Å². The van der Waals surface area contributed by atoms with E-state index in [-0.39, 0.29) is 5.54 Å². The van der Waals surface area contributed by atoms with E-state index < -0.39 is 0 Å². The summed E-state index contributed by atoms with van der Waals surface area (Å²) in [6.07, 6.45) is 2.88. The van der Waals surface area contributed by atoms with Gasteiger partial charge in [-0.25, -0.2) is 4.52 Å². The standard InChI is InChI=1S/C11H14N4O/c1-11(5-7-16-8-11)13-10-12-9-4-2-3-6-15(9)14-10/h2-4,6H,5,7-8H2,1H3,(H,13,14). The van der Waals surface area contributed by atoms with E-state index in [9.17, 15) is 0 Å². The molecule has 0 aliphatic carbocycles. The molecule has 84 valence electrons. The molecule has 0 saturated carbocycles. The minimum atomic E-state index is -0.0368. The Hall–Kier alpha value is -1.62. The first-order valence-corrected chi connectivity index (χ1v) is 5.43. The monoisotopic (exact) mass is 218 g/mol. The fourth-order valence-corrected chi connectivity index (χ4v) is 1.92. The van der Waals surface area contributed by atoms with Crippen molar-refractivity contribution in [3.63, 3.8) is 0 Å². The van der Waals surface area contributed by atoms with Gasteiger partial charge in [0.1, 0.15) is 0 Å². The van der Waals surface area contributed by atoms with Gasteiger partial charge >= 0.3 is 0 Å². The second-order valence-electron chi connectivity index (χ2n) is 4.43. The van der Waals surface area contributed by atoms with Gasteiger partial charge < -0.3 is 10.1 Å². The molecule has 1 aliphatic rings. The summed E-state index contributed by atoms with van der Waals surface area (Å²) in [5, 5.41) is 7.70. The summed E-state index contributed by atoms with van der Waals surface area (Å²) in [5.41, 5.74) is 0.817. The molecule has 1 fully saturated rings. The Balaban J connectivity index is 1.89. The van der Waals surface area contributed by atoms with E-state index >= 15 is 0 Å². The lowest BCUT2D eigenvalue weighted by Gasteiger charge is -2.21. The average molecular weight is 218 g/mol. The molecule has 1 unspecified atom stereocenters. The van der Waals surface area contributed by atoms with Crippen molar-refractivity contribution in [2.75, 3.05) is 18.5 Å². The maximum Gasteiger partial charge on any atom is 0.243 e. The zero-order valence-electron chi connectivity index (χ0n) is 9.18. The first-order chi connectivity index (χ1) is 7.75. The van der Waals surface area contributed by atoms with Gasteiger partial charge in [0.2, 0.25) is 5.95 Å². The minimum Gasteiger partial charge on any atom is -0.379 e. The summed E-state index contributed by atoms with van der Waals surface area (Å²) in [6, 6.07) is 5.83. The van der Waals surface area contributed by atoms with E-state index in [1.165, 1.54) is 0 Å². The fraction of sp³-hybridized carbons (Fsp3) is 0.455. The van der Waals surface area contributed by atoms with Gasteiger partial charge in [0.15, 0.2) is 5.65 Å². The fourth-order valence-electron chi connectivity index (χ4n) is 1.92. The van der Waals surface area contributed by atoms with E-state index in [2.05, 4.69) is 22.3 Å². The van der Waals surface area contributed by atoms with E-state index in [0.717, 1.165) is 18.7 Å².